The lowest BCUT2D eigenvalue weighted by molar-refractivity contribution is 0.477. The number of phenols is 1. The molecule has 0 amide bonds. The van der Waals surface area contributed by atoms with Crippen LogP contribution < -0.4 is 4.90 Å². The zero-order chi connectivity index (χ0) is 27.5. The van der Waals surface area contributed by atoms with Gasteiger partial charge in [-0.2, -0.15) is 0 Å². The predicted octanol–water partition coefficient (Wildman–Crippen LogP) is 8.66. The normalized spacial score (nSPS) is 10.8. The van der Waals surface area contributed by atoms with Crippen LogP contribution >= 0.6 is 0 Å². The number of benzene rings is 4. The second kappa shape index (κ2) is 10.8. The minimum atomic E-state index is 0.142. The van der Waals surface area contributed by atoms with Crippen molar-refractivity contribution in [3.05, 3.63) is 139 Å². The average molecular weight is 521 g/mol. The van der Waals surface area contributed by atoms with Crippen LogP contribution in [-0.2, 0) is 0 Å². The SMILES string of the molecule is Cc1cccc(C)c1N(c1cccc(-c2cc(-c3ccccc3)nc(-c3ccccc3O)n2)c1)c1ccccn1. The van der Waals surface area contributed by atoms with E-state index in [9.17, 15) is 5.11 Å². The lowest BCUT2D eigenvalue weighted by atomic mass is 10.0. The Balaban J connectivity index is 1.54. The molecule has 1 N–H and O–H groups in total. The molecule has 0 saturated heterocycles. The fourth-order valence-corrected chi connectivity index (χ4v) is 4.96. The van der Waals surface area contributed by atoms with Gasteiger partial charge in [-0.3, -0.25) is 4.90 Å². The van der Waals surface area contributed by atoms with Crippen LogP contribution in [0.3, 0.4) is 0 Å². The van der Waals surface area contributed by atoms with Crippen molar-refractivity contribution in [1.29, 1.82) is 0 Å². The maximum absolute atomic E-state index is 10.6. The standard InChI is InChI=1S/C35H28N4O/c1-24-12-10-13-25(2)34(24)39(33-20-8-9-21-36-33)28-17-11-16-27(22-28)31-23-30(26-14-4-3-5-15-26)37-35(38-31)29-18-6-7-19-32(29)40/h3-23,40H,1-2H3. The van der Waals surface area contributed by atoms with Crippen molar-refractivity contribution in [2.24, 2.45) is 0 Å². The van der Waals surface area contributed by atoms with E-state index in [1.807, 2.05) is 79.0 Å². The van der Waals surface area contributed by atoms with Crippen LogP contribution in [0.4, 0.5) is 17.2 Å². The molecule has 0 aliphatic heterocycles. The van der Waals surface area contributed by atoms with Crippen molar-refractivity contribution < 1.29 is 5.11 Å². The van der Waals surface area contributed by atoms with Crippen LogP contribution in [0.1, 0.15) is 11.1 Å². The minimum Gasteiger partial charge on any atom is -0.507 e. The van der Waals surface area contributed by atoms with E-state index < -0.39 is 0 Å². The second-order valence-electron chi connectivity index (χ2n) is 9.66. The molecule has 0 unspecified atom stereocenters. The molecule has 0 spiro atoms. The number of nitrogens with zero attached hydrogens (tertiary/aromatic N) is 4. The molecule has 40 heavy (non-hydrogen) atoms. The van der Waals surface area contributed by atoms with Crippen LogP contribution in [0.2, 0.25) is 0 Å². The van der Waals surface area contributed by atoms with Crippen LogP contribution in [0.5, 0.6) is 5.75 Å². The van der Waals surface area contributed by atoms with E-state index in [1.165, 1.54) is 0 Å². The number of phenolic OH excluding ortho intramolecular Hbond substituents is 1. The maximum atomic E-state index is 10.6. The fourth-order valence-electron chi connectivity index (χ4n) is 4.96. The van der Waals surface area contributed by atoms with Crippen LogP contribution in [-0.4, -0.2) is 20.1 Å². The molecule has 0 bridgehead atoms. The van der Waals surface area contributed by atoms with Gasteiger partial charge in [-0.1, -0.05) is 78.9 Å². The predicted molar refractivity (Wildman–Crippen MR) is 162 cm³/mol. The van der Waals surface area contributed by atoms with Crippen molar-refractivity contribution >= 4 is 17.2 Å². The Kier molecular flexibility index (Phi) is 6.77. The second-order valence-corrected chi connectivity index (χ2v) is 9.66. The lowest BCUT2D eigenvalue weighted by Gasteiger charge is -2.28. The number of hydrogen-bond donors (Lipinski definition) is 1. The van der Waals surface area contributed by atoms with Crippen molar-refractivity contribution in [3.8, 4) is 39.7 Å². The Morgan fingerprint density at radius 3 is 1.98 bits per heavy atom. The zero-order valence-electron chi connectivity index (χ0n) is 22.4. The van der Waals surface area contributed by atoms with Gasteiger partial charge in [0.25, 0.3) is 0 Å². The molecular formula is C35H28N4O. The van der Waals surface area contributed by atoms with Crippen LogP contribution in [0.25, 0.3) is 33.9 Å². The summed E-state index contributed by atoms with van der Waals surface area (Å²) in [6, 6.07) is 39.8. The third-order valence-electron chi connectivity index (χ3n) is 6.88. The van der Waals surface area contributed by atoms with Gasteiger partial charge in [0, 0.05) is 23.0 Å². The van der Waals surface area contributed by atoms with E-state index in [0.29, 0.717) is 11.4 Å². The zero-order valence-corrected chi connectivity index (χ0v) is 22.4. The van der Waals surface area contributed by atoms with Gasteiger partial charge >= 0.3 is 0 Å². The highest BCUT2D eigenvalue weighted by atomic mass is 16.3. The number of anilines is 3. The molecular weight excluding hydrogens is 492 g/mol. The highest BCUT2D eigenvalue weighted by molar-refractivity contribution is 5.82. The van der Waals surface area contributed by atoms with E-state index in [-0.39, 0.29) is 5.75 Å². The van der Waals surface area contributed by atoms with E-state index in [1.54, 1.807) is 12.1 Å². The molecule has 0 aliphatic carbocycles. The van der Waals surface area contributed by atoms with E-state index >= 15 is 0 Å². The first kappa shape index (κ1) is 25.0. The highest BCUT2D eigenvalue weighted by Crippen LogP contribution is 2.39. The Bertz CT molecular complexity index is 1770. The maximum Gasteiger partial charge on any atom is 0.164 e. The molecule has 2 heterocycles. The summed E-state index contributed by atoms with van der Waals surface area (Å²) in [4.78, 5) is 16.7. The number of para-hydroxylation sites is 2. The van der Waals surface area contributed by atoms with Crippen LogP contribution in [0, 0.1) is 13.8 Å². The summed E-state index contributed by atoms with van der Waals surface area (Å²) >= 11 is 0. The summed E-state index contributed by atoms with van der Waals surface area (Å²) in [6.07, 6.45) is 1.81. The van der Waals surface area contributed by atoms with Gasteiger partial charge in [0.1, 0.15) is 11.6 Å². The van der Waals surface area contributed by atoms with Crippen LogP contribution in [0.15, 0.2) is 128 Å². The van der Waals surface area contributed by atoms with Gasteiger partial charge in [0.2, 0.25) is 0 Å². The van der Waals surface area contributed by atoms with Gasteiger partial charge in [-0.05, 0) is 67.4 Å². The summed E-state index contributed by atoms with van der Waals surface area (Å²) in [7, 11) is 0. The van der Waals surface area contributed by atoms with Crippen molar-refractivity contribution in [2.75, 3.05) is 4.90 Å². The summed E-state index contributed by atoms with van der Waals surface area (Å²) in [5.74, 6) is 1.44. The van der Waals surface area contributed by atoms with Gasteiger partial charge in [0.15, 0.2) is 5.82 Å². The molecule has 0 saturated carbocycles. The summed E-state index contributed by atoms with van der Waals surface area (Å²) in [5.41, 5.74) is 8.42. The van der Waals surface area contributed by atoms with Gasteiger partial charge in [0.05, 0.1) is 22.6 Å². The number of aromatic nitrogens is 3. The molecule has 0 aliphatic rings. The minimum absolute atomic E-state index is 0.142. The highest BCUT2D eigenvalue weighted by Gasteiger charge is 2.19. The number of aromatic hydroxyl groups is 1. The van der Waals surface area contributed by atoms with E-state index in [2.05, 4.69) is 55.1 Å². The Labute approximate surface area is 234 Å². The molecule has 0 radical (unpaired) electrons. The third kappa shape index (κ3) is 4.93. The van der Waals surface area contributed by atoms with Gasteiger partial charge in [-0.15, -0.1) is 0 Å². The van der Waals surface area contributed by atoms with Crippen molar-refractivity contribution in [1.82, 2.24) is 15.0 Å². The first-order valence-electron chi connectivity index (χ1n) is 13.2. The van der Waals surface area contributed by atoms with Gasteiger partial charge in [-0.25, -0.2) is 15.0 Å². The Hall–Kier alpha value is -5.29. The molecule has 6 aromatic rings. The monoisotopic (exact) mass is 520 g/mol. The van der Waals surface area contributed by atoms with Gasteiger partial charge < -0.3 is 5.11 Å². The largest absolute Gasteiger partial charge is 0.507 e. The average Bonchev–Trinajstić information content (AvgIpc) is 3.00. The first-order valence-corrected chi connectivity index (χ1v) is 13.2. The number of pyridine rings is 1. The summed E-state index contributed by atoms with van der Waals surface area (Å²) in [6.45, 7) is 4.24. The molecule has 5 heteroatoms. The Morgan fingerprint density at radius 2 is 1.25 bits per heavy atom. The van der Waals surface area contributed by atoms with E-state index in [4.69, 9.17) is 15.0 Å². The quantitative estimate of drug-likeness (QED) is 0.238. The molecule has 0 atom stereocenters. The molecule has 194 valence electrons. The third-order valence-corrected chi connectivity index (χ3v) is 6.88. The smallest absolute Gasteiger partial charge is 0.164 e. The molecule has 0 fully saturated rings. The van der Waals surface area contributed by atoms with E-state index in [0.717, 1.165) is 50.8 Å². The number of hydrogen-bond acceptors (Lipinski definition) is 5. The summed E-state index contributed by atoms with van der Waals surface area (Å²) in [5, 5.41) is 10.6. The topological polar surface area (TPSA) is 62.1 Å². The molecule has 2 aromatic heterocycles. The molecule has 6 rings (SSSR count). The number of aryl methyl sites for hydroxylation is 2. The number of rotatable bonds is 6. The van der Waals surface area contributed by atoms with Crippen molar-refractivity contribution in [3.63, 3.8) is 0 Å². The van der Waals surface area contributed by atoms with Crippen molar-refractivity contribution in [2.45, 2.75) is 13.8 Å². The lowest BCUT2D eigenvalue weighted by Crippen LogP contribution is -2.14. The molecule has 5 nitrogen and oxygen atoms in total. The fraction of sp³-hybridized carbons (Fsp3) is 0.0571. The first-order chi connectivity index (χ1) is 19.6. The molecule has 4 aromatic carbocycles. The summed E-state index contributed by atoms with van der Waals surface area (Å²) < 4.78 is 0. The Morgan fingerprint density at radius 1 is 0.600 bits per heavy atom.